The van der Waals surface area contributed by atoms with Crippen LogP contribution in [-0.4, -0.2) is 44.0 Å². The molecule has 9 heteroatoms. The number of phenols is 1. The molecule has 9 nitrogen and oxygen atoms in total. The SMILES string of the molecule is Cc1ccc(NN2C(=O)[C@@H]3C[C@@H]4C(=CC[C@@H]5C(=O)N(O)C(=O)[C@@H]54)[C@H](c4ccc5ccccc5c4O)[C@]3(c3ccccc3)C2=O)cc1. The van der Waals surface area contributed by atoms with Crippen molar-refractivity contribution in [2.75, 3.05) is 5.43 Å². The largest absolute Gasteiger partial charge is 0.507 e. The van der Waals surface area contributed by atoms with Crippen molar-refractivity contribution in [1.29, 1.82) is 0 Å². The molecule has 0 radical (unpaired) electrons. The van der Waals surface area contributed by atoms with Crippen LogP contribution in [0.1, 0.15) is 35.4 Å². The molecule has 0 bridgehead atoms. The van der Waals surface area contributed by atoms with Crippen molar-refractivity contribution in [3.8, 4) is 5.75 Å². The first kappa shape index (κ1) is 28.2. The summed E-state index contributed by atoms with van der Waals surface area (Å²) < 4.78 is 0. The van der Waals surface area contributed by atoms with Gasteiger partial charge in [0.05, 0.1) is 28.9 Å². The standard InChI is InChI=1S/C37H31N3O6/c1-20-11-14-23(15-12-20)38-39-34(43)29-19-28-25(17-18-26-30(28)35(44)40(46)33(26)42)31(37(29,36(39)45)22-8-3-2-4-9-22)27-16-13-21-7-5-6-10-24(21)32(27)41/h2-17,26,28-31,38,41,46H,18-19H2,1H3/t26-,28+,29-,30-,31+,37+/m0/s1. The minimum Gasteiger partial charge on any atom is -0.507 e. The molecule has 3 fully saturated rings. The fourth-order valence-electron chi connectivity index (χ4n) is 8.58. The predicted molar refractivity (Wildman–Crippen MR) is 168 cm³/mol. The average molecular weight is 614 g/mol. The molecule has 3 N–H and O–H groups in total. The summed E-state index contributed by atoms with van der Waals surface area (Å²) in [6.07, 6.45) is 2.19. The lowest BCUT2D eigenvalue weighted by atomic mass is 9.49. The third kappa shape index (κ3) is 3.72. The molecule has 1 saturated carbocycles. The van der Waals surface area contributed by atoms with Gasteiger partial charge in [0.25, 0.3) is 23.6 Å². The molecule has 6 atom stereocenters. The molecule has 8 rings (SSSR count). The van der Waals surface area contributed by atoms with E-state index in [1.165, 1.54) is 0 Å². The van der Waals surface area contributed by atoms with Crippen molar-refractivity contribution in [2.45, 2.75) is 31.1 Å². The van der Waals surface area contributed by atoms with Gasteiger partial charge in [-0.3, -0.25) is 29.8 Å². The van der Waals surface area contributed by atoms with E-state index in [-0.39, 0.29) is 23.7 Å². The molecule has 230 valence electrons. The van der Waals surface area contributed by atoms with E-state index >= 15 is 4.79 Å². The number of rotatable bonds is 4. The maximum atomic E-state index is 15.1. The summed E-state index contributed by atoms with van der Waals surface area (Å²) in [5.41, 5.74) is 4.94. The zero-order chi connectivity index (χ0) is 31.9. The van der Waals surface area contributed by atoms with Gasteiger partial charge in [0.1, 0.15) is 5.75 Å². The second-order valence-corrected chi connectivity index (χ2v) is 12.8. The third-order valence-electron chi connectivity index (χ3n) is 10.6. The van der Waals surface area contributed by atoms with Gasteiger partial charge >= 0.3 is 0 Å². The molecule has 2 saturated heterocycles. The lowest BCUT2D eigenvalue weighted by Crippen LogP contribution is -2.53. The molecule has 4 aliphatic rings. The molecule has 0 unspecified atom stereocenters. The highest BCUT2D eigenvalue weighted by molar-refractivity contribution is 6.13. The van der Waals surface area contributed by atoms with E-state index in [0.29, 0.717) is 27.8 Å². The van der Waals surface area contributed by atoms with Crippen molar-refractivity contribution in [1.82, 2.24) is 10.1 Å². The number of phenolic OH excluding ortho intramolecular Hbond substituents is 1. The molecule has 4 amide bonds. The van der Waals surface area contributed by atoms with Crippen LogP contribution in [0.5, 0.6) is 5.75 Å². The van der Waals surface area contributed by atoms with Crippen molar-refractivity contribution >= 4 is 40.1 Å². The Morgan fingerprint density at radius 2 is 1.52 bits per heavy atom. The smallest absolute Gasteiger partial charge is 0.260 e. The number of amides is 4. The second-order valence-electron chi connectivity index (χ2n) is 12.8. The number of anilines is 1. The number of carbonyl (C=O) groups is 4. The van der Waals surface area contributed by atoms with Crippen LogP contribution in [0.15, 0.2) is 103 Å². The summed E-state index contributed by atoms with van der Waals surface area (Å²) in [6, 6.07) is 27.6. The van der Waals surface area contributed by atoms with Gasteiger partial charge in [-0.15, -0.1) is 0 Å². The van der Waals surface area contributed by atoms with E-state index in [4.69, 9.17) is 0 Å². The number of hydroxylamine groups is 2. The Morgan fingerprint density at radius 3 is 2.28 bits per heavy atom. The van der Waals surface area contributed by atoms with Crippen molar-refractivity contribution in [3.05, 3.63) is 119 Å². The molecular formula is C37H31N3O6. The number of fused-ring (bicyclic) bond motifs is 5. The van der Waals surface area contributed by atoms with Gasteiger partial charge in [-0.2, -0.15) is 10.1 Å². The number of hydrazine groups is 1. The maximum absolute atomic E-state index is 15.1. The number of hydrogen-bond acceptors (Lipinski definition) is 7. The summed E-state index contributed by atoms with van der Waals surface area (Å²) in [6.45, 7) is 1.95. The van der Waals surface area contributed by atoms with Crippen molar-refractivity contribution in [2.24, 2.45) is 23.7 Å². The minimum atomic E-state index is -1.49. The van der Waals surface area contributed by atoms with Crippen LogP contribution in [0.3, 0.4) is 0 Å². The first-order chi connectivity index (χ1) is 22.2. The minimum absolute atomic E-state index is 0.0105. The Kier molecular flexibility index (Phi) is 6.20. The lowest BCUT2D eigenvalue weighted by Gasteiger charge is -2.50. The fraction of sp³-hybridized carbons (Fsp3) is 0.243. The number of allylic oxidation sites excluding steroid dienone is 2. The number of nitrogens with zero attached hydrogens (tertiary/aromatic N) is 2. The molecular weight excluding hydrogens is 582 g/mol. The average Bonchev–Trinajstić information content (AvgIpc) is 3.43. The van der Waals surface area contributed by atoms with Crippen LogP contribution in [0.2, 0.25) is 0 Å². The third-order valence-corrected chi connectivity index (χ3v) is 10.6. The van der Waals surface area contributed by atoms with Gasteiger partial charge < -0.3 is 5.11 Å². The summed E-state index contributed by atoms with van der Waals surface area (Å²) in [7, 11) is 0. The van der Waals surface area contributed by atoms with E-state index in [9.17, 15) is 24.7 Å². The molecule has 2 aliphatic heterocycles. The molecule has 2 heterocycles. The highest BCUT2D eigenvalue weighted by Crippen LogP contribution is 2.65. The fourth-order valence-corrected chi connectivity index (χ4v) is 8.58. The number of hydrogen-bond donors (Lipinski definition) is 3. The van der Waals surface area contributed by atoms with Crippen molar-refractivity contribution < 1.29 is 29.5 Å². The van der Waals surface area contributed by atoms with Gasteiger partial charge in [-0.05, 0) is 48.8 Å². The second kappa shape index (κ2) is 10.1. The highest BCUT2D eigenvalue weighted by Gasteiger charge is 2.70. The monoisotopic (exact) mass is 613 g/mol. The number of aromatic hydroxyl groups is 1. The van der Waals surface area contributed by atoms with Gasteiger partial charge in [-0.1, -0.05) is 96.1 Å². The zero-order valence-corrected chi connectivity index (χ0v) is 25.0. The van der Waals surface area contributed by atoms with E-state index in [1.54, 1.807) is 18.2 Å². The molecule has 0 spiro atoms. The van der Waals surface area contributed by atoms with E-state index in [0.717, 1.165) is 16.0 Å². The Morgan fingerprint density at radius 1 is 0.804 bits per heavy atom. The molecule has 4 aromatic carbocycles. The Balaban J connectivity index is 1.39. The van der Waals surface area contributed by atoms with Crippen LogP contribution >= 0.6 is 0 Å². The number of imide groups is 2. The lowest BCUT2D eigenvalue weighted by molar-refractivity contribution is -0.173. The predicted octanol–water partition coefficient (Wildman–Crippen LogP) is 5.23. The van der Waals surface area contributed by atoms with E-state index in [1.807, 2.05) is 85.8 Å². The first-order valence-electron chi connectivity index (χ1n) is 15.5. The van der Waals surface area contributed by atoms with Crippen LogP contribution in [0.25, 0.3) is 10.8 Å². The van der Waals surface area contributed by atoms with Crippen LogP contribution in [0.4, 0.5) is 5.69 Å². The molecule has 46 heavy (non-hydrogen) atoms. The van der Waals surface area contributed by atoms with Gasteiger partial charge in [0.2, 0.25) is 0 Å². The molecule has 0 aromatic heterocycles. The molecule has 4 aromatic rings. The van der Waals surface area contributed by atoms with E-state index in [2.05, 4.69) is 5.43 Å². The van der Waals surface area contributed by atoms with Crippen molar-refractivity contribution in [3.63, 3.8) is 0 Å². The van der Waals surface area contributed by atoms with Crippen LogP contribution in [-0.2, 0) is 24.6 Å². The summed E-state index contributed by atoms with van der Waals surface area (Å²) in [5, 5.41) is 25.1. The maximum Gasteiger partial charge on any atom is 0.260 e. The topological polar surface area (TPSA) is 127 Å². The Labute approximate surface area is 264 Å². The Hall–Kier alpha value is -5.28. The van der Waals surface area contributed by atoms with Gasteiger partial charge in [0.15, 0.2) is 0 Å². The zero-order valence-electron chi connectivity index (χ0n) is 25.0. The molecule has 2 aliphatic carbocycles. The number of nitrogens with one attached hydrogen (secondary N) is 1. The normalized spacial score (nSPS) is 28.7. The summed E-state index contributed by atoms with van der Waals surface area (Å²) in [5.74, 6) is -6.39. The van der Waals surface area contributed by atoms with E-state index < -0.39 is 58.6 Å². The summed E-state index contributed by atoms with van der Waals surface area (Å²) in [4.78, 5) is 56.1. The number of aryl methyl sites for hydroxylation is 1. The quantitative estimate of drug-likeness (QED) is 0.164. The van der Waals surface area contributed by atoms with Crippen LogP contribution in [0, 0.1) is 30.6 Å². The number of carbonyl (C=O) groups excluding carboxylic acids is 4. The van der Waals surface area contributed by atoms with Gasteiger partial charge in [-0.25, -0.2) is 0 Å². The summed E-state index contributed by atoms with van der Waals surface area (Å²) >= 11 is 0. The van der Waals surface area contributed by atoms with Gasteiger partial charge in [0, 0.05) is 16.9 Å². The highest BCUT2D eigenvalue weighted by atomic mass is 16.5. The Bertz CT molecular complexity index is 1990. The number of benzene rings is 4. The van der Waals surface area contributed by atoms with Crippen LogP contribution < -0.4 is 5.43 Å². The first-order valence-corrected chi connectivity index (χ1v) is 15.5.